The molecule has 1 rings (SSSR count). The van der Waals surface area contributed by atoms with E-state index in [9.17, 15) is 38.7 Å². The predicted molar refractivity (Wildman–Crippen MR) is 192 cm³/mol. The Labute approximate surface area is 301 Å². The van der Waals surface area contributed by atoms with Crippen molar-refractivity contribution >= 4 is 16.3 Å². The van der Waals surface area contributed by atoms with Crippen LogP contribution < -0.4 is 5.32 Å². The van der Waals surface area contributed by atoms with Crippen LogP contribution in [0.4, 0.5) is 0 Å². The molecule has 50 heavy (non-hydrogen) atoms. The van der Waals surface area contributed by atoms with Gasteiger partial charge in [0.1, 0.15) is 30.5 Å². The third-order valence-corrected chi connectivity index (χ3v) is 9.64. The fourth-order valence-corrected chi connectivity index (χ4v) is 6.56. The van der Waals surface area contributed by atoms with Gasteiger partial charge in [-0.15, -0.1) is 0 Å². The molecule has 0 spiro atoms. The number of ether oxygens (including phenoxy) is 2. The summed E-state index contributed by atoms with van der Waals surface area (Å²) in [4.78, 5) is 12.9. The third-order valence-electron chi connectivity index (χ3n) is 9.18. The van der Waals surface area contributed by atoms with E-state index in [4.69, 9.17) is 14.0 Å². The van der Waals surface area contributed by atoms with Crippen molar-refractivity contribution in [1.82, 2.24) is 5.32 Å². The summed E-state index contributed by atoms with van der Waals surface area (Å²) in [6, 6.07) is -1.11. The Morgan fingerprint density at radius 1 is 0.800 bits per heavy atom. The van der Waals surface area contributed by atoms with Crippen molar-refractivity contribution in [3.05, 3.63) is 12.2 Å². The zero-order chi connectivity index (χ0) is 37.2. The van der Waals surface area contributed by atoms with E-state index in [1.807, 2.05) is 6.08 Å². The number of hydrogen-bond acceptors (Lipinski definition) is 11. The molecule has 0 aliphatic carbocycles. The maximum atomic E-state index is 12.9. The maximum Gasteiger partial charge on any atom is 0.397 e. The quantitative estimate of drug-likeness (QED) is 0.0295. The normalized spacial score (nSPS) is 23.2. The molecular weight excluding hydrogens is 670 g/mol. The van der Waals surface area contributed by atoms with Gasteiger partial charge in [0.05, 0.1) is 25.4 Å². The van der Waals surface area contributed by atoms with Gasteiger partial charge in [0.25, 0.3) is 0 Å². The van der Waals surface area contributed by atoms with Crippen molar-refractivity contribution in [3.63, 3.8) is 0 Å². The topological polar surface area (TPSA) is 212 Å². The molecule has 0 radical (unpaired) electrons. The number of unbranched alkanes of at least 4 members (excludes halogenated alkanes) is 18. The van der Waals surface area contributed by atoms with Gasteiger partial charge in [0.15, 0.2) is 6.29 Å². The number of carbonyl (C=O) groups is 1. The van der Waals surface area contributed by atoms with Gasteiger partial charge in [-0.05, 0) is 19.3 Å². The lowest BCUT2D eigenvalue weighted by Crippen LogP contribution is -2.61. The SMILES string of the molecule is CCCCCCCCCCCCC/C=C/C(O)C(COC1OC(CO)C(O)C(OS(=O)(=O)O)C1O)NC(=O)C(O)CCCCCCCCCC. The molecule has 7 N–H and O–H groups in total. The minimum Gasteiger partial charge on any atom is -0.394 e. The van der Waals surface area contributed by atoms with E-state index in [0.717, 1.165) is 38.5 Å². The van der Waals surface area contributed by atoms with Crippen molar-refractivity contribution in [1.29, 1.82) is 0 Å². The molecule has 1 heterocycles. The van der Waals surface area contributed by atoms with Gasteiger partial charge in [0, 0.05) is 0 Å². The molecule has 14 heteroatoms. The van der Waals surface area contributed by atoms with Gasteiger partial charge in [0.2, 0.25) is 5.91 Å². The summed E-state index contributed by atoms with van der Waals surface area (Å²) < 4.78 is 47.2. The zero-order valence-corrected chi connectivity index (χ0v) is 31.4. The summed E-state index contributed by atoms with van der Waals surface area (Å²) in [5.74, 6) is -0.708. The second-order valence-corrected chi connectivity index (χ2v) is 14.7. The number of nitrogens with one attached hydrogen (secondary N) is 1. The monoisotopic (exact) mass is 739 g/mol. The Balaban J connectivity index is 2.73. The van der Waals surface area contributed by atoms with Gasteiger partial charge >= 0.3 is 10.4 Å². The largest absolute Gasteiger partial charge is 0.397 e. The van der Waals surface area contributed by atoms with Crippen LogP contribution in [-0.2, 0) is 28.9 Å². The Hall–Kier alpha value is -1.20. The Bertz CT molecular complexity index is 984. The van der Waals surface area contributed by atoms with Gasteiger partial charge in [-0.1, -0.05) is 142 Å². The highest BCUT2D eigenvalue weighted by molar-refractivity contribution is 7.80. The Kier molecular flexibility index (Phi) is 26.5. The van der Waals surface area contributed by atoms with Crippen LogP contribution in [0.5, 0.6) is 0 Å². The molecule has 1 amide bonds. The van der Waals surface area contributed by atoms with Crippen LogP contribution in [0.3, 0.4) is 0 Å². The van der Waals surface area contributed by atoms with Crippen LogP contribution in [0, 0.1) is 0 Å². The summed E-state index contributed by atoms with van der Waals surface area (Å²) in [6.45, 7) is 3.13. The van der Waals surface area contributed by atoms with Crippen LogP contribution in [0.15, 0.2) is 12.2 Å². The first-order chi connectivity index (χ1) is 23.9. The summed E-state index contributed by atoms with van der Waals surface area (Å²) in [7, 11) is -5.11. The van der Waals surface area contributed by atoms with E-state index in [-0.39, 0.29) is 6.42 Å². The number of carbonyl (C=O) groups excluding carboxylic acids is 1. The van der Waals surface area contributed by atoms with Crippen LogP contribution in [-0.4, -0.2) is 107 Å². The first-order valence-corrected chi connectivity index (χ1v) is 20.5. The molecule has 1 aliphatic heterocycles. The van der Waals surface area contributed by atoms with Crippen molar-refractivity contribution in [3.8, 4) is 0 Å². The molecule has 1 fully saturated rings. The number of allylic oxidation sites excluding steroid dienone is 1. The van der Waals surface area contributed by atoms with Gasteiger partial charge in [-0.3, -0.25) is 9.35 Å². The minimum atomic E-state index is -5.11. The van der Waals surface area contributed by atoms with E-state index in [1.54, 1.807) is 0 Å². The van der Waals surface area contributed by atoms with Crippen LogP contribution in [0.1, 0.15) is 149 Å². The molecular formula is C36H69NO12S. The summed E-state index contributed by atoms with van der Waals surface area (Å²) in [5.41, 5.74) is 0. The molecule has 1 saturated heterocycles. The molecule has 0 saturated carbocycles. The molecule has 296 valence electrons. The van der Waals surface area contributed by atoms with Crippen LogP contribution in [0.25, 0.3) is 0 Å². The lowest BCUT2D eigenvalue weighted by atomic mass is 9.99. The van der Waals surface area contributed by atoms with E-state index in [1.165, 1.54) is 83.1 Å². The molecule has 8 unspecified atom stereocenters. The highest BCUT2D eigenvalue weighted by Gasteiger charge is 2.48. The zero-order valence-electron chi connectivity index (χ0n) is 30.6. The Morgan fingerprint density at radius 3 is 1.80 bits per heavy atom. The summed E-state index contributed by atoms with van der Waals surface area (Å²) >= 11 is 0. The van der Waals surface area contributed by atoms with E-state index in [0.29, 0.717) is 12.8 Å². The fraction of sp³-hybridized carbons (Fsp3) is 0.917. The lowest BCUT2D eigenvalue weighted by Gasteiger charge is -2.41. The average Bonchev–Trinajstić information content (AvgIpc) is 3.08. The van der Waals surface area contributed by atoms with Crippen molar-refractivity contribution in [2.24, 2.45) is 0 Å². The molecule has 0 aromatic rings. The molecule has 0 aromatic heterocycles. The number of rotatable bonds is 31. The van der Waals surface area contributed by atoms with Crippen molar-refractivity contribution in [2.45, 2.75) is 198 Å². The number of aliphatic hydroxyl groups is 5. The second-order valence-electron chi connectivity index (χ2n) is 13.7. The Morgan fingerprint density at radius 2 is 1.30 bits per heavy atom. The number of hydrogen-bond donors (Lipinski definition) is 7. The number of amides is 1. The first-order valence-electron chi connectivity index (χ1n) is 19.2. The smallest absolute Gasteiger partial charge is 0.394 e. The van der Waals surface area contributed by atoms with Crippen LogP contribution >= 0.6 is 0 Å². The summed E-state index contributed by atoms with van der Waals surface area (Å²) in [5, 5.41) is 54.7. The first kappa shape index (κ1) is 46.8. The molecule has 1 aliphatic rings. The van der Waals surface area contributed by atoms with Crippen LogP contribution in [0.2, 0.25) is 0 Å². The van der Waals surface area contributed by atoms with E-state index in [2.05, 4.69) is 23.3 Å². The van der Waals surface area contributed by atoms with Gasteiger partial charge in [-0.25, -0.2) is 4.18 Å². The molecule has 0 bridgehead atoms. The number of aliphatic hydroxyl groups excluding tert-OH is 5. The third kappa shape index (κ3) is 21.4. The molecule has 8 atom stereocenters. The second kappa shape index (κ2) is 28.3. The predicted octanol–water partition coefficient (Wildman–Crippen LogP) is 4.62. The van der Waals surface area contributed by atoms with Gasteiger partial charge < -0.3 is 40.3 Å². The van der Waals surface area contributed by atoms with Crippen molar-refractivity contribution in [2.75, 3.05) is 13.2 Å². The highest BCUT2D eigenvalue weighted by atomic mass is 32.3. The average molecular weight is 740 g/mol. The molecule has 0 aromatic carbocycles. The standard InChI is InChI=1S/C36H69NO12S/c1-3-5-7-9-11-13-14-15-16-17-19-20-22-24-29(39)28(37-35(43)30(40)25-23-21-18-12-10-8-6-4-2)27-47-36-33(42)34(49-50(44,45)46)32(41)31(26-38)48-36/h22,24,28-34,36,38-42H,3-21,23,25-27H2,1-2H3,(H,37,43)(H,44,45,46)/b24-22+. The fourth-order valence-electron chi connectivity index (χ4n) is 6.05. The summed E-state index contributed by atoms with van der Waals surface area (Å²) in [6.07, 6.45) is 14.7. The van der Waals surface area contributed by atoms with E-state index >= 15 is 0 Å². The van der Waals surface area contributed by atoms with Crippen molar-refractivity contribution < 1.29 is 57.0 Å². The molecule has 13 nitrogen and oxygen atoms in total. The lowest BCUT2D eigenvalue weighted by molar-refractivity contribution is -0.298. The highest BCUT2D eigenvalue weighted by Crippen LogP contribution is 2.26. The minimum absolute atomic E-state index is 0.244. The van der Waals surface area contributed by atoms with Gasteiger partial charge in [-0.2, -0.15) is 8.42 Å². The van der Waals surface area contributed by atoms with E-state index < -0.39 is 78.5 Å². The maximum absolute atomic E-state index is 12.9.